The highest BCUT2D eigenvalue weighted by Gasteiger charge is 2.02. The van der Waals surface area contributed by atoms with Gasteiger partial charge in [0.2, 0.25) is 0 Å². The Morgan fingerprint density at radius 1 is 1.31 bits per heavy atom. The summed E-state index contributed by atoms with van der Waals surface area (Å²) in [5.74, 6) is 0.798. The fraction of sp³-hybridized carbons (Fsp3) is 0.500. The highest BCUT2D eigenvalue weighted by atomic mass is 32.2. The van der Waals surface area contributed by atoms with Crippen molar-refractivity contribution in [3.8, 4) is 0 Å². The molecule has 0 saturated carbocycles. The summed E-state index contributed by atoms with van der Waals surface area (Å²) >= 11 is 1.57. The molecule has 0 fully saturated rings. The number of nitrogens with one attached hydrogen (secondary N) is 1. The summed E-state index contributed by atoms with van der Waals surface area (Å²) in [7, 11) is 4.03. The van der Waals surface area contributed by atoms with Gasteiger partial charge in [0, 0.05) is 30.3 Å². The lowest BCUT2D eigenvalue weighted by molar-refractivity contribution is 0.356. The Balaban J connectivity index is 2.23. The molecule has 0 amide bonds. The van der Waals surface area contributed by atoms with Crippen LogP contribution in [0.5, 0.6) is 0 Å². The molecule has 0 aliphatic heterocycles. The third-order valence-corrected chi connectivity index (χ3v) is 3.34. The Morgan fingerprint density at radius 2 is 2.06 bits per heavy atom. The zero-order valence-corrected chi connectivity index (χ0v) is 10.7. The molecule has 0 aromatic heterocycles. The highest BCUT2D eigenvalue weighted by molar-refractivity contribution is 7.99. The Kier molecular flexibility index (Phi) is 6.45. The summed E-state index contributed by atoms with van der Waals surface area (Å²) in [6, 6.07) is 6.93. The Hall–Kier alpha value is -0.580. The standard InChI is InChI=1S/C12H19FN2S/c1-14-7-8-15(2)9-10-16-12-6-4-3-5-11(12)13/h3-6,14H,7-10H2,1-2H3. The largest absolute Gasteiger partial charge is 0.318 e. The van der Waals surface area contributed by atoms with Crippen LogP contribution in [0, 0.1) is 5.82 Å². The average molecular weight is 242 g/mol. The first-order valence-corrected chi connectivity index (χ1v) is 6.43. The second-order valence-corrected chi connectivity index (χ2v) is 4.82. The minimum Gasteiger partial charge on any atom is -0.318 e. The molecule has 0 saturated heterocycles. The molecule has 0 unspecified atom stereocenters. The molecule has 90 valence electrons. The van der Waals surface area contributed by atoms with Gasteiger partial charge in [-0.05, 0) is 26.2 Å². The van der Waals surface area contributed by atoms with Crippen LogP contribution in [0.1, 0.15) is 0 Å². The first-order valence-electron chi connectivity index (χ1n) is 5.44. The van der Waals surface area contributed by atoms with Crippen LogP contribution in [-0.2, 0) is 0 Å². The van der Waals surface area contributed by atoms with E-state index in [0.29, 0.717) is 0 Å². The summed E-state index contributed by atoms with van der Waals surface area (Å²) in [4.78, 5) is 2.98. The van der Waals surface area contributed by atoms with Gasteiger partial charge < -0.3 is 10.2 Å². The number of halogens is 1. The zero-order chi connectivity index (χ0) is 11.8. The quantitative estimate of drug-likeness (QED) is 0.737. The third-order valence-electron chi connectivity index (χ3n) is 2.31. The van der Waals surface area contributed by atoms with Gasteiger partial charge in [0.05, 0.1) is 0 Å². The highest BCUT2D eigenvalue weighted by Crippen LogP contribution is 2.20. The number of likely N-dealkylation sites (N-methyl/N-ethyl adjacent to an activating group) is 2. The van der Waals surface area contributed by atoms with E-state index >= 15 is 0 Å². The molecule has 0 heterocycles. The average Bonchev–Trinajstić information content (AvgIpc) is 2.29. The first kappa shape index (κ1) is 13.5. The van der Waals surface area contributed by atoms with E-state index in [1.807, 2.05) is 19.2 Å². The normalized spacial score (nSPS) is 11.0. The summed E-state index contributed by atoms with van der Waals surface area (Å²) in [6.07, 6.45) is 0. The molecule has 1 aromatic rings. The Bertz CT molecular complexity index is 307. The maximum absolute atomic E-state index is 13.3. The topological polar surface area (TPSA) is 15.3 Å². The molecule has 0 spiro atoms. The van der Waals surface area contributed by atoms with Crippen molar-refractivity contribution >= 4 is 11.8 Å². The molecule has 16 heavy (non-hydrogen) atoms. The van der Waals surface area contributed by atoms with Gasteiger partial charge in [-0.25, -0.2) is 4.39 Å². The molecule has 1 N–H and O–H groups in total. The van der Waals surface area contributed by atoms with Crippen LogP contribution in [0.4, 0.5) is 4.39 Å². The second-order valence-electron chi connectivity index (χ2n) is 3.69. The molecule has 2 nitrogen and oxygen atoms in total. The molecule has 0 aliphatic rings. The van der Waals surface area contributed by atoms with E-state index in [1.54, 1.807) is 17.8 Å². The predicted octanol–water partition coefficient (Wildman–Crippen LogP) is 2.07. The predicted molar refractivity (Wildman–Crippen MR) is 68.5 cm³/mol. The van der Waals surface area contributed by atoms with Gasteiger partial charge in [0.15, 0.2) is 0 Å². The van der Waals surface area contributed by atoms with Crippen molar-refractivity contribution < 1.29 is 4.39 Å². The minimum atomic E-state index is -0.120. The van der Waals surface area contributed by atoms with Crippen LogP contribution >= 0.6 is 11.8 Å². The van der Waals surface area contributed by atoms with Gasteiger partial charge in [0.25, 0.3) is 0 Å². The van der Waals surface area contributed by atoms with Gasteiger partial charge in [0.1, 0.15) is 5.82 Å². The van der Waals surface area contributed by atoms with E-state index in [1.165, 1.54) is 6.07 Å². The first-order chi connectivity index (χ1) is 7.74. The van der Waals surface area contributed by atoms with Crippen molar-refractivity contribution in [1.29, 1.82) is 0 Å². The molecule has 0 atom stereocenters. The fourth-order valence-electron chi connectivity index (χ4n) is 1.29. The van der Waals surface area contributed by atoms with Gasteiger partial charge in [-0.3, -0.25) is 0 Å². The minimum absolute atomic E-state index is 0.120. The number of thioether (sulfide) groups is 1. The van der Waals surface area contributed by atoms with E-state index < -0.39 is 0 Å². The lowest BCUT2D eigenvalue weighted by atomic mass is 10.3. The Labute approximate surface area is 101 Å². The SMILES string of the molecule is CNCCN(C)CCSc1ccccc1F. The van der Waals surface area contributed by atoms with Gasteiger partial charge in [-0.15, -0.1) is 11.8 Å². The van der Waals surface area contributed by atoms with Crippen LogP contribution in [0.15, 0.2) is 29.2 Å². The number of nitrogens with zero attached hydrogens (tertiary/aromatic N) is 1. The number of hydrogen-bond acceptors (Lipinski definition) is 3. The van der Waals surface area contributed by atoms with E-state index in [0.717, 1.165) is 30.3 Å². The van der Waals surface area contributed by atoms with E-state index in [-0.39, 0.29) is 5.82 Å². The van der Waals surface area contributed by atoms with Crippen LogP contribution in [-0.4, -0.2) is 44.4 Å². The number of rotatable bonds is 7. The van der Waals surface area contributed by atoms with Crippen molar-refractivity contribution in [2.75, 3.05) is 39.5 Å². The van der Waals surface area contributed by atoms with Crippen LogP contribution < -0.4 is 5.32 Å². The molecule has 1 rings (SSSR count). The summed E-state index contributed by atoms with van der Waals surface area (Å²) < 4.78 is 13.3. The van der Waals surface area contributed by atoms with Crippen LogP contribution in [0.3, 0.4) is 0 Å². The van der Waals surface area contributed by atoms with Crippen LogP contribution in [0.25, 0.3) is 0 Å². The lowest BCUT2D eigenvalue weighted by Crippen LogP contribution is -2.29. The van der Waals surface area contributed by atoms with Crippen molar-refractivity contribution in [3.63, 3.8) is 0 Å². The van der Waals surface area contributed by atoms with Crippen molar-refractivity contribution in [2.45, 2.75) is 4.90 Å². The van der Waals surface area contributed by atoms with Gasteiger partial charge in [-0.1, -0.05) is 12.1 Å². The smallest absolute Gasteiger partial charge is 0.136 e. The maximum atomic E-state index is 13.3. The van der Waals surface area contributed by atoms with E-state index in [9.17, 15) is 4.39 Å². The van der Waals surface area contributed by atoms with E-state index in [2.05, 4.69) is 17.3 Å². The number of hydrogen-bond donors (Lipinski definition) is 1. The molecule has 0 radical (unpaired) electrons. The summed E-state index contributed by atoms with van der Waals surface area (Å²) in [6.45, 7) is 2.98. The van der Waals surface area contributed by atoms with Crippen molar-refractivity contribution in [2.24, 2.45) is 0 Å². The van der Waals surface area contributed by atoms with Crippen LogP contribution in [0.2, 0.25) is 0 Å². The monoisotopic (exact) mass is 242 g/mol. The molecule has 0 aliphatic carbocycles. The zero-order valence-electron chi connectivity index (χ0n) is 9.87. The van der Waals surface area contributed by atoms with Crippen molar-refractivity contribution in [1.82, 2.24) is 10.2 Å². The molecule has 0 bridgehead atoms. The van der Waals surface area contributed by atoms with Crippen molar-refractivity contribution in [3.05, 3.63) is 30.1 Å². The molecular weight excluding hydrogens is 223 g/mol. The fourth-order valence-corrected chi connectivity index (χ4v) is 2.29. The second kappa shape index (κ2) is 7.65. The summed E-state index contributed by atoms with van der Waals surface area (Å²) in [5.41, 5.74) is 0. The molecular formula is C12H19FN2S. The maximum Gasteiger partial charge on any atom is 0.136 e. The number of benzene rings is 1. The third kappa shape index (κ3) is 4.96. The summed E-state index contributed by atoms with van der Waals surface area (Å²) in [5, 5.41) is 3.11. The Morgan fingerprint density at radius 3 is 2.75 bits per heavy atom. The lowest BCUT2D eigenvalue weighted by Gasteiger charge is -2.15. The molecule has 4 heteroatoms. The van der Waals surface area contributed by atoms with E-state index in [4.69, 9.17) is 0 Å². The molecule has 1 aromatic carbocycles. The van der Waals surface area contributed by atoms with Gasteiger partial charge in [-0.2, -0.15) is 0 Å². The van der Waals surface area contributed by atoms with Gasteiger partial charge >= 0.3 is 0 Å².